The van der Waals surface area contributed by atoms with Gasteiger partial charge in [-0.25, -0.2) is 0 Å². The van der Waals surface area contributed by atoms with Gasteiger partial charge in [0.15, 0.2) is 0 Å². The van der Waals surface area contributed by atoms with E-state index in [2.05, 4.69) is 0 Å². The van der Waals surface area contributed by atoms with E-state index < -0.39 is 5.60 Å². The molecule has 0 saturated carbocycles. The number of hydrogen-bond donors (Lipinski definition) is 1. The van der Waals surface area contributed by atoms with Crippen molar-refractivity contribution in [2.75, 3.05) is 20.2 Å². The van der Waals surface area contributed by atoms with E-state index in [1.54, 1.807) is 13.2 Å². The molecule has 5 heteroatoms. The smallest absolute Gasteiger partial charge is 0.246 e. The van der Waals surface area contributed by atoms with E-state index in [-0.39, 0.29) is 5.91 Å². The lowest BCUT2D eigenvalue weighted by molar-refractivity contribution is -0.127. The van der Waals surface area contributed by atoms with Crippen LogP contribution >= 0.6 is 0 Å². The molecule has 1 heterocycles. The van der Waals surface area contributed by atoms with Gasteiger partial charge in [0, 0.05) is 24.7 Å². The van der Waals surface area contributed by atoms with Crippen molar-refractivity contribution < 1.29 is 19.4 Å². The third-order valence-electron chi connectivity index (χ3n) is 5.33. The molecule has 0 atom stereocenters. The van der Waals surface area contributed by atoms with Crippen molar-refractivity contribution in [3.63, 3.8) is 0 Å². The van der Waals surface area contributed by atoms with Gasteiger partial charge >= 0.3 is 0 Å². The van der Waals surface area contributed by atoms with Gasteiger partial charge in [0.05, 0.1) is 12.7 Å². The Morgan fingerprint density at radius 3 is 2.37 bits per heavy atom. The molecular formula is C25H31NO4. The minimum atomic E-state index is -0.648. The highest BCUT2D eigenvalue weighted by atomic mass is 16.5. The maximum atomic E-state index is 12.6. The number of piperidine rings is 1. The highest BCUT2D eigenvalue weighted by Crippen LogP contribution is 2.28. The highest BCUT2D eigenvalue weighted by molar-refractivity contribution is 5.92. The summed E-state index contributed by atoms with van der Waals surface area (Å²) in [6.45, 7) is 5.15. The first-order valence-electron chi connectivity index (χ1n) is 10.4. The number of nitrogens with zero attached hydrogens (tertiary/aromatic N) is 1. The van der Waals surface area contributed by atoms with Gasteiger partial charge in [-0.15, -0.1) is 0 Å². The lowest BCUT2D eigenvalue weighted by Crippen LogP contribution is -2.39. The number of benzene rings is 2. The van der Waals surface area contributed by atoms with Crippen molar-refractivity contribution in [2.45, 2.75) is 38.7 Å². The van der Waals surface area contributed by atoms with Gasteiger partial charge in [0.25, 0.3) is 0 Å². The van der Waals surface area contributed by atoms with Crippen molar-refractivity contribution in [1.82, 2.24) is 4.90 Å². The largest absolute Gasteiger partial charge is 0.497 e. The number of carbonyl (C=O) groups is 1. The molecule has 30 heavy (non-hydrogen) atoms. The van der Waals surface area contributed by atoms with Crippen LogP contribution < -0.4 is 9.47 Å². The van der Waals surface area contributed by atoms with Crippen LogP contribution in [0.5, 0.6) is 17.2 Å². The molecule has 3 rings (SSSR count). The second kappa shape index (κ2) is 9.81. The first-order chi connectivity index (χ1) is 14.3. The van der Waals surface area contributed by atoms with E-state index >= 15 is 0 Å². The van der Waals surface area contributed by atoms with Crippen molar-refractivity contribution in [1.29, 1.82) is 0 Å². The number of hydrogen-bond acceptors (Lipinski definition) is 4. The van der Waals surface area contributed by atoms with Crippen molar-refractivity contribution >= 4 is 12.0 Å². The molecule has 0 radical (unpaired) electrons. The zero-order valence-corrected chi connectivity index (χ0v) is 18.0. The van der Waals surface area contributed by atoms with Gasteiger partial charge in [-0.1, -0.05) is 18.2 Å². The molecule has 1 N–H and O–H groups in total. The molecule has 1 amide bonds. The summed E-state index contributed by atoms with van der Waals surface area (Å²) in [5, 5.41) is 10.0. The van der Waals surface area contributed by atoms with Crippen LogP contribution in [0.4, 0.5) is 0 Å². The zero-order chi connectivity index (χ0) is 21.6. The van der Waals surface area contributed by atoms with Gasteiger partial charge in [-0.3, -0.25) is 4.79 Å². The summed E-state index contributed by atoms with van der Waals surface area (Å²) < 4.78 is 11.2. The zero-order valence-electron chi connectivity index (χ0n) is 18.0. The first kappa shape index (κ1) is 21.9. The second-order valence-corrected chi connectivity index (χ2v) is 8.43. The third-order valence-corrected chi connectivity index (χ3v) is 5.33. The van der Waals surface area contributed by atoms with E-state index in [0.29, 0.717) is 17.4 Å². The van der Waals surface area contributed by atoms with Gasteiger partial charge in [0.2, 0.25) is 5.91 Å². The van der Waals surface area contributed by atoms with Crippen molar-refractivity contribution in [3.05, 3.63) is 60.2 Å². The average molecular weight is 410 g/mol. The quantitative estimate of drug-likeness (QED) is 0.661. The number of rotatable bonds is 7. The fourth-order valence-corrected chi connectivity index (χ4v) is 3.81. The Morgan fingerprint density at radius 1 is 1.10 bits per heavy atom. The minimum absolute atomic E-state index is 0.0101. The predicted molar refractivity (Wildman–Crippen MR) is 119 cm³/mol. The van der Waals surface area contributed by atoms with Crippen LogP contribution in [0, 0.1) is 5.92 Å². The van der Waals surface area contributed by atoms with Crippen LogP contribution in [0.2, 0.25) is 0 Å². The number of amides is 1. The topological polar surface area (TPSA) is 59.0 Å². The lowest BCUT2D eigenvalue weighted by atomic mass is 9.86. The normalized spacial score (nSPS) is 15.4. The van der Waals surface area contributed by atoms with Crippen LogP contribution in [-0.2, 0) is 4.79 Å². The summed E-state index contributed by atoms with van der Waals surface area (Å²) in [6.07, 6.45) is 6.07. The first-order valence-corrected chi connectivity index (χ1v) is 10.4. The SMILES string of the molecule is COc1ccc(Oc2ccccc2/C=C/C(=O)N2CCC(CC(C)(C)O)CC2)cc1. The number of aliphatic hydroxyl groups is 1. The van der Waals surface area contributed by atoms with Crippen LogP contribution in [0.1, 0.15) is 38.7 Å². The fraction of sp³-hybridized carbons (Fsp3) is 0.400. The van der Waals surface area contributed by atoms with E-state index in [4.69, 9.17) is 9.47 Å². The molecular weight excluding hydrogens is 378 g/mol. The molecule has 1 aliphatic rings. The molecule has 5 nitrogen and oxygen atoms in total. The van der Waals surface area contributed by atoms with E-state index in [1.165, 1.54) is 0 Å². The number of methoxy groups -OCH3 is 1. The number of para-hydroxylation sites is 1. The average Bonchev–Trinajstić information content (AvgIpc) is 2.73. The summed E-state index contributed by atoms with van der Waals surface area (Å²) in [5.41, 5.74) is 0.197. The van der Waals surface area contributed by atoms with Gasteiger partial charge in [-0.2, -0.15) is 0 Å². The summed E-state index contributed by atoms with van der Waals surface area (Å²) in [7, 11) is 1.63. The second-order valence-electron chi connectivity index (χ2n) is 8.43. The molecule has 1 fully saturated rings. The summed E-state index contributed by atoms with van der Waals surface area (Å²) >= 11 is 0. The Kier molecular flexibility index (Phi) is 7.16. The fourth-order valence-electron chi connectivity index (χ4n) is 3.81. The summed E-state index contributed by atoms with van der Waals surface area (Å²) in [6, 6.07) is 15.0. The Morgan fingerprint density at radius 2 is 1.73 bits per heavy atom. The number of carbonyl (C=O) groups excluding carboxylic acids is 1. The molecule has 2 aromatic carbocycles. The van der Waals surface area contributed by atoms with Crippen LogP contribution in [0.25, 0.3) is 6.08 Å². The molecule has 0 aromatic heterocycles. The van der Waals surface area contributed by atoms with Crippen LogP contribution in [0.3, 0.4) is 0 Å². The van der Waals surface area contributed by atoms with E-state index in [1.807, 2.05) is 73.4 Å². The molecule has 2 aromatic rings. The Bertz CT molecular complexity index is 859. The molecule has 1 saturated heterocycles. The molecule has 0 unspecified atom stereocenters. The maximum absolute atomic E-state index is 12.6. The molecule has 0 aliphatic carbocycles. The van der Waals surface area contributed by atoms with E-state index in [0.717, 1.165) is 43.7 Å². The van der Waals surface area contributed by atoms with Crippen LogP contribution in [-0.4, -0.2) is 41.7 Å². The van der Waals surface area contributed by atoms with Crippen molar-refractivity contribution in [3.8, 4) is 17.2 Å². The monoisotopic (exact) mass is 409 g/mol. The van der Waals surface area contributed by atoms with Gasteiger partial charge < -0.3 is 19.5 Å². The third kappa shape index (κ3) is 6.36. The van der Waals surface area contributed by atoms with Gasteiger partial charge in [-0.05, 0) is 75.4 Å². The molecule has 1 aliphatic heterocycles. The van der Waals surface area contributed by atoms with Crippen molar-refractivity contribution in [2.24, 2.45) is 5.92 Å². The summed E-state index contributed by atoms with van der Waals surface area (Å²) in [4.78, 5) is 14.5. The number of ether oxygens (including phenoxy) is 2. The van der Waals surface area contributed by atoms with E-state index in [9.17, 15) is 9.90 Å². The molecule has 160 valence electrons. The Labute approximate surface area is 178 Å². The predicted octanol–water partition coefficient (Wildman–Crippen LogP) is 4.90. The summed E-state index contributed by atoms with van der Waals surface area (Å²) in [5.74, 6) is 2.65. The number of likely N-dealkylation sites (tertiary alicyclic amines) is 1. The maximum Gasteiger partial charge on any atom is 0.246 e. The molecule has 0 spiro atoms. The standard InChI is InChI=1S/C25H31NO4/c1-25(2,28)18-19-14-16-26(17-15-19)24(27)13-8-20-6-4-5-7-23(20)30-22-11-9-21(29-3)10-12-22/h4-13,19,28H,14-18H2,1-3H3/b13-8+. The lowest BCUT2D eigenvalue weighted by Gasteiger charge is -2.34. The minimum Gasteiger partial charge on any atom is -0.497 e. The van der Waals surface area contributed by atoms with Crippen LogP contribution in [0.15, 0.2) is 54.6 Å². The Hall–Kier alpha value is -2.79. The highest BCUT2D eigenvalue weighted by Gasteiger charge is 2.26. The Balaban J connectivity index is 1.60. The molecule has 0 bridgehead atoms. The van der Waals surface area contributed by atoms with Gasteiger partial charge in [0.1, 0.15) is 17.2 Å².